The number of nitrogens with two attached hydrogens (primary N) is 1. The number of nitrogens with zero attached hydrogens (tertiary/aromatic N) is 2. The highest BCUT2D eigenvalue weighted by Gasteiger charge is 2.21. The molecule has 0 saturated heterocycles. The van der Waals surface area contributed by atoms with E-state index < -0.39 is 0 Å². The van der Waals surface area contributed by atoms with Crippen LogP contribution in [0.1, 0.15) is 43.0 Å². The molecule has 3 nitrogen and oxygen atoms in total. The Balaban J connectivity index is 2.48. The Morgan fingerprint density at radius 2 is 2.38 bits per heavy atom. The summed E-state index contributed by atoms with van der Waals surface area (Å²) in [5.74, 6) is 1.10. The highest BCUT2D eigenvalue weighted by molar-refractivity contribution is 5.18. The monoisotopic (exact) mass is 179 g/mol. The number of rotatable bonds is 1. The second kappa shape index (κ2) is 3.14. The molecule has 2 rings (SSSR count). The van der Waals surface area contributed by atoms with Crippen LogP contribution >= 0.6 is 0 Å². The van der Waals surface area contributed by atoms with E-state index in [2.05, 4.69) is 23.4 Å². The molecule has 1 unspecified atom stereocenters. The molecule has 1 aromatic rings. The van der Waals surface area contributed by atoms with E-state index in [-0.39, 0.29) is 6.04 Å². The number of fused-ring (bicyclic) bond motifs is 1. The topological polar surface area (TPSA) is 43.8 Å². The maximum absolute atomic E-state index is 6.00. The summed E-state index contributed by atoms with van der Waals surface area (Å²) >= 11 is 0. The van der Waals surface area contributed by atoms with E-state index in [1.807, 2.05) is 0 Å². The third-order valence-electron chi connectivity index (χ3n) is 2.91. The summed E-state index contributed by atoms with van der Waals surface area (Å²) in [5.41, 5.74) is 8.53. The highest BCUT2D eigenvalue weighted by Crippen LogP contribution is 2.25. The van der Waals surface area contributed by atoms with Crippen LogP contribution in [0.15, 0.2) is 0 Å². The van der Waals surface area contributed by atoms with Gasteiger partial charge in [-0.05, 0) is 26.2 Å². The van der Waals surface area contributed by atoms with Crippen LogP contribution in [-0.2, 0) is 13.0 Å². The van der Waals surface area contributed by atoms with Crippen molar-refractivity contribution in [1.29, 1.82) is 0 Å². The molecule has 3 heteroatoms. The lowest BCUT2D eigenvalue weighted by molar-refractivity contribution is 0.446. The largest absolute Gasteiger partial charge is 0.331 e. The molecule has 13 heavy (non-hydrogen) atoms. The standard InChI is InChI=1S/C10H17N3/c1-3-9-7(2)13-6-4-5-8(11)10(13)12-9/h8H,3-6,11H2,1-2H3. The smallest absolute Gasteiger partial charge is 0.126 e. The van der Waals surface area contributed by atoms with Gasteiger partial charge in [-0.25, -0.2) is 4.98 Å². The molecule has 1 aliphatic rings. The molecule has 0 aliphatic carbocycles. The van der Waals surface area contributed by atoms with E-state index in [1.54, 1.807) is 0 Å². The SMILES string of the molecule is CCc1nc2n(c1C)CCCC2N. The molecule has 0 bridgehead atoms. The number of hydrogen-bond acceptors (Lipinski definition) is 2. The third-order valence-corrected chi connectivity index (χ3v) is 2.91. The Morgan fingerprint density at radius 3 is 3.00 bits per heavy atom. The fourth-order valence-corrected chi connectivity index (χ4v) is 2.11. The molecule has 0 aromatic carbocycles. The van der Waals surface area contributed by atoms with Gasteiger partial charge < -0.3 is 10.3 Å². The lowest BCUT2D eigenvalue weighted by atomic mass is 10.1. The average molecular weight is 179 g/mol. The highest BCUT2D eigenvalue weighted by atomic mass is 15.1. The zero-order valence-electron chi connectivity index (χ0n) is 8.38. The summed E-state index contributed by atoms with van der Waals surface area (Å²) in [5, 5.41) is 0. The molecule has 0 saturated carbocycles. The van der Waals surface area contributed by atoms with Crippen molar-refractivity contribution in [2.45, 2.75) is 45.7 Å². The van der Waals surface area contributed by atoms with Gasteiger partial charge in [-0.15, -0.1) is 0 Å². The minimum absolute atomic E-state index is 0.160. The van der Waals surface area contributed by atoms with Crippen LogP contribution in [0.4, 0.5) is 0 Å². The first-order valence-electron chi connectivity index (χ1n) is 5.05. The normalized spacial score (nSPS) is 21.6. The molecular weight excluding hydrogens is 162 g/mol. The van der Waals surface area contributed by atoms with Crippen molar-refractivity contribution in [2.75, 3.05) is 0 Å². The first-order chi connectivity index (χ1) is 6.24. The van der Waals surface area contributed by atoms with Crippen molar-refractivity contribution in [3.63, 3.8) is 0 Å². The molecular formula is C10H17N3. The molecule has 0 radical (unpaired) electrons. The maximum Gasteiger partial charge on any atom is 0.126 e. The van der Waals surface area contributed by atoms with Gasteiger partial charge in [0.05, 0.1) is 11.7 Å². The van der Waals surface area contributed by atoms with Crippen LogP contribution in [0.5, 0.6) is 0 Å². The van der Waals surface area contributed by atoms with Crippen LogP contribution in [0.2, 0.25) is 0 Å². The van der Waals surface area contributed by atoms with Gasteiger partial charge >= 0.3 is 0 Å². The molecule has 2 heterocycles. The Kier molecular flexibility index (Phi) is 2.12. The number of imidazole rings is 1. The van der Waals surface area contributed by atoms with Crippen molar-refractivity contribution < 1.29 is 0 Å². The predicted octanol–water partition coefficient (Wildman–Crippen LogP) is 1.55. The van der Waals surface area contributed by atoms with Gasteiger partial charge in [0.2, 0.25) is 0 Å². The number of aryl methyl sites for hydroxylation is 1. The second-order valence-corrected chi connectivity index (χ2v) is 3.76. The quantitative estimate of drug-likeness (QED) is 0.710. The molecule has 1 aliphatic heterocycles. The van der Waals surface area contributed by atoms with Gasteiger partial charge in [-0.1, -0.05) is 6.92 Å². The average Bonchev–Trinajstić information content (AvgIpc) is 2.45. The maximum atomic E-state index is 6.00. The zero-order chi connectivity index (χ0) is 9.42. The summed E-state index contributed by atoms with van der Waals surface area (Å²) in [6.45, 7) is 5.39. The number of aromatic nitrogens is 2. The third kappa shape index (κ3) is 1.27. The van der Waals surface area contributed by atoms with E-state index in [0.29, 0.717) is 0 Å². The van der Waals surface area contributed by atoms with Gasteiger partial charge in [0, 0.05) is 12.2 Å². The van der Waals surface area contributed by atoms with Crippen LogP contribution in [0.25, 0.3) is 0 Å². The lowest BCUT2D eigenvalue weighted by Gasteiger charge is -2.20. The molecule has 0 spiro atoms. The number of hydrogen-bond donors (Lipinski definition) is 1. The fourth-order valence-electron chi connectivity index (χ4n) is 2.11. The molecule has 72 valence electrons. The van der Waals surface area contributed by atoms with Crippen molar-refractivity contribution in [1.82, 2.24) is 9.55 Å². The first kappa shape index (κ1) is 8.75. The van der Waals surface area contributed by atoms with Gasteiger partial charge in [0.1, 0.15) is 5.82 Å². The Labute approximate surface area is 79.0 Å². The van der Waals surface area contributed by atoms with E-state index in [4.69, 9.17) is 5.73 Å². The summed E-state index contributed by atoms with van der Waals surface area (Å²) in [6, 6.07) is 0.160. The van der Waals surface area contributed by atoms with Crippen LogP contribution in [-0.4, -0.2) is 9.55 Å². The van der Waals surface area contributed by atoms with Gasteiger partial charge in [0.15, 0.2) is 0 Å². The van der Waals surface area contributed by atoms with Crippen molar-refractivity contribution in [3.8, 4) is 0 Å². The Morgan fingerprint density at radius 1 is 1.62 bits per heavy atom. The van der Waals surface area contributed by atoms with E-state index in [0.717, 1.165) is 25.2 Å². The van der Waals surface area contributed by atoms with Crippen molar-refractivity contribution in [2.24, 2.45) is 5.73 Å². The van der Waals surface area contributed by atoms with Crippen LogP contribution < -0.4 is 5.73 Å². The van der Waals surface area contributed by atoms with Gasteiger partial charge in [-0.2, -0.15) is 0 Å². The van der Waals surface area contributed by atoms with Gasteiger partial charge in [0.25, 0.3) is 0 Å². The Hall–Kier alpha value is -0.830. The van der Waals surface area contributed by atoms with Crippen molar-refractivity contribution in [3.05, 3.63) is 17.2 Å². The van der Waals surface area contributed by atoms with Crippen molar-refractivity contribution >= 4 is 0 Å². The summed E-state index contributed by atoms with van der Waals surface area (Å²) in [7, 11) is 0. The van der Waals surface area contributed by atoms with Gasteiger partial charge in [-0.3, -0.25) is 0 Å². The lowest BCUT2D eigenvalue weighted by Crippen LogP contribution is -2.22. The minimum atomic E-state index is 0.160. The van der Waals surface area contributed by atoms with E-state index >= 15 is 0 Å². The first-order valence-corrected chi connectivity index (χ1v) is 5.05. The summed E-state index contributed by atoms with van der Waals surface area (Å²) in [6.07, 6.45) is 3.28. The predicted molar refractivity (Wildman–Crippen MR) is 52.5 cm³/mol. The zero-order valence-corrected chi connectivity index (χ0v) is 8.38. The second-order valence-electron chi connectivity index (χ2n) is 3.76. The molecule has 0 fully saturated rings. The molecule has 1 atom stereocenters. The van der Waals surface area contributed by atoms with Crippen LogP contribution in [0, 0.1) is 6.92 Å². The molecule has 1 aromatic heterocycles. The summed E-state index contributed by atoms with van der Waals surface area (Å²) in [4.78, 5) is 4.59. The van der Waals surface area contributed by atoms with Crippen LogP contribution in [0.3, 0.4) is 0 Å². The van der Waals surface area contributed by atoms with E-state index in [9.17, 15) is 0 Å². The molecule has 0 amide bonds. The summed E-state index contributed by atoms with van der Waals surface area (Å²) < 4.78 is 2.28. The Bertz CT molecular complexity index is 314. The molecule has 2 N–H and O–H groups in total. The van der Waals surface area contributed by atoms with E-state index in [1.165, 1.54) is 17.8 Å². The minimum Gasteiger partial charge on any atom is -0.331 e. The fraction of sp³-hybridized carbons (Fsp3) is 0.700.